The van der Waals surface area contributed by atoms with Gasteiger partial charge in [0.05, 0.1) is 40.9 Å². The monoisotopic (exact) mass is 478 g/mol. The van der Waals surface area contributed by atoms with Crippen molar-refractivity contribution in [3.63, 3.8) is 0 Å². The molecule has 0 amide bonds. The highest BCUT2D eigenvalue weighted by atomic mass is 16.6. The zero-order chi connectivity index (χ0) is 25.0. The van der Waals surface area contributed by atoms with Crippen LogP contribution in [0.2, 0.25) is 0 Å². The van der Waals surface area contributed by atoms with Gasteiger partial charge in [0, 0.05) is 38.3 Å². The molecule has 0 unspecified atom stereocenters. The lowest BCUT2D eigenvalue weighted by Crippen LogP contribution is -2.37. The molecule has 2 aromatic heterocycles. The lowest BCUT2D eigenvalue weighted by atomic mass is 10.0. The number of nitro benzene ring substituents is 1. The fourth-order valence-electron chi connectivity index (χ4n) is 4.76. The molecule has 180 valence electrons. The van der Waals surface area contributed by atoms with E-state index in [9.17, 15) is 24.8 Å². The molecular formula is C24H22N4O7. The van der Waals surface area contributed by atoms with Gasteiger partial charge < -0.3 is 19.1 Å². The van der Waals surface area contributed by atoms with Crippen molar-refractivity contribution in [3.8, 4) is 22.8 Å². The van der Waals surface area contributed by atoms with E-state index in [2.05, 4.69) is 0 Å². The Balaban J connectivity index is 1.91. The third-order valence-corrected chi connectivity index (χ3v) is 6.39. The van der Waals surface area contributed by atoms with E-state index in [0.717, 1.165) is 4.57 Å². The molecule has 4 aromatic rings. The summed E-state index contributed by atoms with van der Waals surface area (Å²) in [7, 11) is 4.41. The van der Waals surface area contributed by atoms with Crippen LogP contribution < -0.4 is 16.0 Å². The number of benzene rings is 2. The zero-order valence-electron chi connectivity index (χ0n) is 19.2. The number of methoxy groups -OCH3 is 1. The number of fused-ring (bicyclic) bond motifs is 3. The highest BCUT2D eigenvalue weighted by Gasteiger charge is 2.33. The Labute approximate surface area is 198 Å². The maximum atomic E-state index is 13.4. The van der Waals surface area contributed by atoms with Crippen LogP contribution in [0.25, 0.3) is 22.2 Å². The first-order chi connectivity index (χ1) is 16.7. The molecule has 0 spiro atoms. The lowest BCUT2D eigenvalue weighted by Gasteiger charge is -2.28. The van der Waals surface area contributed by atoms with Gasteiger partial charge in [-0.05, 0) is 17.7 Å². The van der Waals surface area contributed by atoms with Gasteiger partial charge in [-0.3, -0.25) is 24.0 Å². The molecule has 0 fully saturated rings. The maximum Gasteiger partial charge on any atom is 0.331 e. The Bertz CT molecular complexity index is 1630. The first kappa shape index (κ1) is 22.4. The maximum absolute atomic E-state index is 13.4. The van der Waals surface area contributed by atoms with Gasteiger partial charge in [-0.25, -0.2) is 4.79 Å². The van der Waals surface area contributed by atoms with Crippen molar-refractivity contribution < 1.29 is 19.5 Å². The number of rotatable bonds is 4. The van der Waals surface area contributed by atoms with Crippen LogP contribution in [0.4, 0.5) is 5.69 Å². The quantitative estimate of drug-likeness (QED) is 0.352. The largest absolute Gasteiger partial charge is 0.504 e. The summed E-state index contributed by atoms with van der Waals surface area (Å²) < 4.78 is 15.7. The number of phenolic OH excluding ortho intramolecular Hbond substituents is 1. The van der Waals surface area contributed by atoms with Crippen LogP contribution in [-0.2, 0) is 25.4 Å². The van der Waals surface area contributed by atoms with Crippen LogP contribution in [0.5, 0.6) is 11.5 Å². The molecule has 3 heterocycles. The summed E-state index contributed by atoms with van der Waals surface area (Å²) in [5.74, 6) is 0.216. The Hall–Kier alpha value is -4.38. The average Bonchev–Trinajstić information content (AvgIpc) is 3.22. The van der Waals surface area contributed by atoms with Gasteiger partial charge in [0.15, 0.2) is 11.5 Å². The second-order valence-corrected chi connectivity index (χ2v) is 8.30. The van der Waals surface area contributed by atoms with Crippen molar-refractivity contribution in [1.29, 1.82) is 0 Å². The zero-order valence-corrected chi connectivity index (χ0v) is 19.2. The molecule has 1 N–H and O–H groups in total. The predicted molar refractivity (Wildman–Crippen MR) is 127 cm³/mol. The van der Waals surface area contributed by atoms with Crippen molar-refractivity contribution in [2.24, 2.45) is 14.1 Å². The van der Waals surface area contributed by atoms with Crippen LogP contribution in [0.3, 0.4) is 0 Å². The number of aromatic hydroxyl groups is 1. The molecular weight excluding hydrogens is 456 g/mol. The van der Waals surface area contributed by atoms with Gasteiger partial charge in [-0.15, -0.1) is 0 Å². The SMILES string of the molecule is COc1cc([C@H]2OCCn3c(-c4cccc([N+](=O)[O-])c4)c4c(=O)n(C)c(=O)n(C)c4c32)ccc1O. The Morgan fingerprint density at radius 3 is 2.63 bits per heavy atom. The smallest absolute Gasteiger partial charge is 0.331 e. The molecule has 2 aromatic carbocycles. The normalized spacial score (nSPS) is 15.2. The first-order valence-corrected chi connectivity index (χ1v) is 10.8. The molecule has 0 saturated carbocycles. The second kappa shape index (κ2) is 8.13. The minimum Gasteiger partial charge on any atom is -0.504 e. The number of non-ortho nitro benzene ring substituents is 1. The molecule has 1 aliphatic heterocycles. The van der Waals surface area contributed by atoms with E-state index in [1.54, 1.807) is 31.3 Å². The predicted octanol–water partition coefficient (Wildman–Crippen LogP) is 2.45. The molecule has 0 saturated heterocycles. The second-order valence-electron chi connectivity index (χ2n) is 8.30. The Morgan fingerprint density at radius 2 is 1.91 bits per heavy atom. The summed E-state index contributed by atoms with van der Waals surface area (Å²) >= 11 is 0. The topological polar surface area (TPSA) is 131 Å². The molecule has 0 radical (unpaired) electrons. The summed E-state index contributed by atoms with van der Waals surface area (Å²) in [6.07, 6.45) is -0.689. The molecule has 11 nitrogen and oxygen atoms in total. The van der Waals surface area contributed by atoms with Crippen molar-refractivity contribution in [1.82, 2.24) is 13.7 Å². The van der Waals surface area contributed by atoms with E-state index in [0.29, 0.717) is 34.6 Å². The number of nitrogens with zero attached hydrogens (tertiary/aromatic N) is 4. The van der Waals surface area contributed by atoms with Crippen LogP contribution in [0.1, 0.15) is 17.4 Å². The van der Waals surface area contributed by atoms with Gasteiger partial charge in [-0.2, -0.15) is 0 Å². The number of hydrogen-bond donors (Lipinski definition) is 1. The summed E-state index contributed by atoms with van der Waals surface area (Å²) in [6.45, 7) is 0.656. The Morgan fingerprint density at radius 1 is 1.14 bits per heavy atom. The first-order valence-electron chi connectivity index (χ1n) is 10.8. The number of hydrogen-bond acceptors (Lipinski definition) is 7. The van der Waals surface area contributed by atoms with Gasteiger partial charge in [0.2, 0.25) is 0 Å². The summed E-state index contributed by atoms with van der Waals surface area (Å²) in [5, 5.41) is 21.8. The lowest BCUT2D eigenvalue weighted by molar-refractivity contribution is -0.384. The average molecular weight is 478 g/mol. The number of phenols is 1. The summed E-state index contributed by atoms with van der Waals surface area (Å²) in [6, 6.07) is 10.9. The number of aryl methyl sites for hydroxylation is 1. The fourth-order valence-corrected chi connectivity index (χ4v) is 4.76. The highest BCUT2D eigenvalue weighted by molar-refractivity contribution is 5.96. The van der Waals surface area contributed by atoms with Crippen molar-refractivity contribution >= 4 is 16.6 Å². The van der Waals surface area contributed by atoms with Crippen LogP contribution in [-0.4, -0.2) is 37.4 Å². The van der Waals surface area contributed by atoms with Gasteiger partial charge in [-0.1, -0.05) is 18.2 Å². The molecule has 1 atom stereocenters. The Kier molecular flexibility index (Phi) is 5.21. The summed E-state index contributed by atoms with van der Waals surface area (Å²) in [5.41, 5.74) is 1.44. The molecule has 0 aliphatic carbocycles. The number of nitro groups is 1. The van der Waals surface area contributed by atoms with E-state index in [-0.39, 0.29) is 29.2 Å². The molecule has 11 heteroatoms. The highest BCUT2D eigenvalue weighted by Crippen LogP contribution is 2.42. The van der Waals surface area contributed by atoms with Gasteiger partial charge in [0.1, 0.15) is 6.10 Å². The van der Waals surface area contributed by atoms with E-state index in [4.69, 9.17) is 9.47 Å². The number of ether oxygens (including phenoxy) is 2. The van der Waals surface area contributed by atoms with E-state index in [1.165, 1.54) is 36.9 Å². The van der Waals surface area contributed by atoms with Crippen LogP contribution in [0, 0.1) is 10.1 Å². The van der Waals surface area contributed by atoms with Crippen molar-refractivity contribution in [2.75, 3.05) is 13.7 Å². The third-order valence-electron chi connectivity index (χ3n) is 6.39. The molecule has 0 bridgehead atoms. The molecule has 1 aliphatic rings. The van der Waals surface area contributed by atoms with E-state index >= 15 is 0 Å². The minimum atomic E-state index is -0.689. The van der Waals surface area contributed by atoms with Gasteiger partial charge in [0.25, 0.3) is 11.2 Å². The third kappa shape index (κ3) is 3.31. The van der Waals surface area contributed by atoms with Crippen molar-refractivity contribution in [2.45, 2.75) is 12.6 Å². The standard InChI is InChI=1S/C24H22N4O7/c1-25-20-18(23(30)26(2)24(25)31)19(13-5-4-6-15(11-13)28(32)33)27-9-10-35-22(21(20)27)14-7-8-16(29)17(12-14)34-3/h4-8,11-12,22,29H,9-10H2,1-3H3/t22-/m1/s1. The van der Waals surface area contributed by atoms with Crippen molar-refractivity contribution in [3.05, 3.63) is 84.7 Å². The van der Waals surface area contributed by atoms with Gasteiger partial charge >= 0.3 is 5.69 Å². The summed E-state index contributed by atoms with van der Waals surface area (Å²) in [4.78, 5) is 37.3. The van der Waals surface area contributed by atoms with E-state index < -0.39 is 22.3 Å². The van der Waals surface area contributed by atoms with Crippen LogP contribution in [0.15, 0.2) is 52.1 Å². The van der Waals surface area contributed by atoms with E-state index in [1.807, 2.05) is 4.57 Å². The fraction of sp³-hybridized carbons (Fsp3) is 0.250. The van der Waals surface area contributed by atoms with Crippen LogP contribution >= 0.6 is 0 Å². The molecule has 5 rings (SSSR count). The molecule has 35 heavy (non-hydrogen) atoms. The minimum absolute atomic E-state index is 0.0362. The number of aromatic nitrogens is 3.